The van der Waals surface area contributed by atoms with Crippen molar-refractivity contribution >= 4 is 5.91 Å². The summed E-state index contributed by atoms with van der Waals surface area (Å²) in [5.41, 5.74) is 1.88. The number of hydrogen-bond donors (Lipinski definition) is 1. The van der Waals surface area contributed by atoms with Crippen molar-refractivity contribution in [1.29, 1.82) is 0 Å². The second kappa shape index (κ2) is 9.21. The molecule has 1 aromatic carbocycles. The second-order valence-corrected chi connectivity index (χ2v) is 6.94. The summed E-state index contributed by atoms with van der Waals surface area (Å²) in [6.45, 7) is 1.79. The van der Waals surface area contributed by atoms with E-state index in [0.29, 0.717) is 11.5 Å². The van der Waals surface area contributed by atoms with E-state index in [1.54, 1.807) is 44.6 Å². The van der Waals surface area contributed by atoms with Gasteiger partial charge in [0.15, 0.2) is 5.82 Å². The molecular formula is C22H21N7O3. The van der Waals surface area contributed by atoms with Crippen molar-refractivity contribution in [3.8, 4) is 22.8 Å². The minimum Gasteiger partial charge on any atom is -0.497 e. The molecule has 10 heteroatoms. The molecule has 4 rings (SSSR count). The minimum absolute atomic E-state index is 0.183. The first-order valence-electron chi connectivity index (χ1n) is 9.88. The molecule has 1 amide bonds. The van der Waals surface area contributed by atoms with E-state index in [-0.39, 0.29) is 18.0 Å². The average Bonchev–Trinajstić information content (AvgIpc) is 3.38. The predicted octanol–water partition coefficient (Wildman–Crippen LogP) is 1.77. The number of hydrogen-bond acceptors (Lipinski definition) is 7. The van der Waals surface area contributed by atoms with Crippen LogP contribution < -0.4 is 15.6 Å². The third-order valence-electron chi connectivity index (χ3n) is 4.85. The first-order chi connectivity index (χ1) is 15.5. The highest BCUT2D eigenvalue weighted by molar-refractivity contribution is 5.79. The molecule has 32 heavy (non-hydrogen) atoms. The summed E-state index contributed by atoms with van der Waals surface area (Å²) in [5, 5.41) is 11.2. The lowest BCUT2D eigenvalue weighted by Crippen LogP contribution is -2.37. The highest BCUT2D eigenvalue weighted by Gasteiger charge is 2.18. The van der Waals surface area contributed by atoms with Crippen LogP contribution in [0.25, 0.3) is 17.1 Å². The number of carbonyl (C=O) groups excluding carboxylic acids is 1. The number of aromatic nitrogens is 6. The lowest BCUT2D eigenvalue weighted by Gasteiger charge is -2.15. The average molecular weight is 431 g/mol. The quantitative estimate of drug-likeness (QED) is 0.474. The number of nitrogens with one attached hydrogen (secondary N) is 1. The lowest BCUT2D eigenvalue weighted by molar-refractivity contribution is -0.124. The monoisotopic (exact) mass is 431 g/mol. The summed E-state index contributed by atoms with van der Waals surface area (Å²) in [6.07, 6.45) is 4.76. The molecule has 0 aliphatic carbocycles. The van der Waals surface area contributed by atoms with Gasteiger partial charge >= 0.3 is 0 Å². The molecule has 0 radical (unpaired) electrons. The summed E-state index contributed by atoms with van der Waals surface area (Å²) in [5.74, 6) is 0.834. The lowest BCUT2D eigenvalue weighted by atomic mass is 10.1. The number of amides is 1. The van der Waals surface area contributed by atoms with Gasteiger partial charge in [0.25, 0.3) is 5.56 Å². The Morgan fingerprint density at radius 2 is 1.97 bits per heavy atom. The van der Waals surface area contributed by atoms with Crippen LogP contribution >= 0.6 is 0 Å². The fourth-order valence-electron chi connectivity index (χ4n) is 3.07. The molecule has 4 aromatic rings. The van der Waals surface area contributed by atoms with Crippen molar-refractivity contribution < 1.29 is 9.53 Å². The van der Waals surface area contributed by atoms with Crippen molar-refractivity contribution in [2.75, 3.05) is 7.11 Å². The molecule has 1 atom stereocenters. The summed E-state index contributed by atoms with van der Waals surface area (Å²) in [4.78, 5) is 33.5. The molecule has 3 heterocycles. The smallest absolute Gasteiger partial charge is 0.267 e. The fraction of sp³-hybridized carbons (Fsp3) is 0.182. The topological polar surface area (TPSA) is 117 Å². The Bertz CT molecular complexity index is 1270. The van der Waals surface area contributed by atoms with Gasteiger partial charge in [0.05, 0.1) is 25.0 Å². The third kappa shape index (κ3) is 4.53. The maximum Gasteiger partial charge on any atom is 0.267 e. The molecule has 1 unspecified atom stereocenters. The molecule has 0 bridgehead atoms. The van der Waals surface area contributed by atoms with Crippen molar-refractivity contribution in [2.45, 2.75) is 19.5 Å². The van der Waals surface area contributed by atoms with Gasteiger partial charge in [-0.25, -0.2) is 19.3 Å². The minimum atomic E-state index is -0.819. The maximum absolute atomic E-state index is 12.7. The second-order valence-electron chi connectivity index (χ2n) is 6.94. The Morgan fingerprint density at radius 3 is 2.69 bits per heavy atom. The Morgan fingerprint density at radius 1 is 1.16 bits per heavy atom. The van der Waals surface area contributed by atoms with E-state index in [9.17, 15) is 9.59 Å². The first kappa shape index (κ1) is 20.9. The van der Waals surface area contributed by atoms with Crippen molar-refractivity contribution in [3.63, 3.8) is 0 Å². The molecular weight excluding hydrogens is 410 g/mol. The maximum atomic E-state index is 12.7. The van der Waals surface area contributed by atoms with Gasteiger partial charge in [0.1, 0.15) is 18.1 Å². The molecule has 3 aromatic heterocycles. The van der Waals surface area contributed by atoms with E-state index in [1.165, 1.54) is 17.1 Å². The highest BCUT2D eigenvalue weighted by atomic mass is 16.5. The predicted molar refractivity (Wildman–Crippen MR) is 116 cm³/mol. The Hall–Kier alpha value is -4.34. The molecule has 1 N–H and O–H groups in total. The highest BCUT2D eigenvalue weighted by Crippen LogP contribution is 2.20. The van der Waals surface area contributed by atoms with Crippen LogP contribution in [0.2, 0.25) is 0 Å². The fourth-order valence-corrected chi connectivity index (χ4v) is 3.07. The van der Waals surface area contributed by atoms with Gasteiger partial charge in [0, 0.05) is 24.0 Å². The van der Waals surface area contributed by atoms with Crippen LogP contribution in [-0.4, -0.2) is 42.5 Å². The molecule has 0 spiro atoms. The van der Waals surface area contributed by atoms with Crippen LogP contribution in [0.15, 0.2) is 72.0 Å². The van der Waals surface area contributed by atoms with Crippen LogP contribution in [0.5, 0.6) is 5.75 Å². The van der Waals surface area contributed by atoms with Crippen LogP contribution in [0, 0.1) is 0 Å². The Balaban J connectivity index is 1.46. The van der Waals surface area contributed by atoms with Crippen LogP contribution in [0.3, 0.4) is 0 Å². The van der Waals surface area contributed by atoms with Crippen LogP contribution in [0.1, 0.15) is 18.7 Å². The number of rotatable bonds is 7. The van der Waals surface area contributed by atoms with Gasteiger partial charge < -0.3 is 10.1 Å². The van der Waals surface area contributed by atoms with Crippen molar-refractivity contribution in [2.24, 2.45) is 0 Å². The molecule has 0 aliphatic heterocycles. The van der Waals surface area contributed by atoms with Crippen LogP contribution in [-0.2, 0) is 11.3 Å². The number of methoxy groups -OCH3 is 1. The molecule has 0 aliphatic rings. The van der Waals surface area contributed by atoms with E-state index in [2.05, 4.69) is 25.5 Å². The van der Waals surface area contributed by atoms with E-state index >= 15 is 0 Å². The Kier molecular flexibility index (Phi) is 6.02. The largest absolute Gasteiger partial charge is 0.497 e. The van der Waals surface area contributed by atoms with E-state index in [1.807, 2.05) is 24.3 Å². The summed E-state index contributed by atoms with van der Waals surface area (Å²) >= 11 is 0. The standard InChI is InChI=1S/C22H21N7O3/c1-15(29-21(30)9-8-20(27-29)28-11-3-10-26-28)22(31)23-13-17-12-19(25-14-24-17)16-4-6-18(32-2)7-5-16/h3-12,14-15H,13H2,1-2H3,(H,23,31). The van der Waals surface area contributed by atoms with Gasteiger partial charge in [-0.1, -0.05) is 0 Å². The van der Waals surface area contributed by atoms with Crippen molar-refractivity contribution in [3.05, 3.63) is 83.3 Å². The van der Waals surface area contributed by atoms with Gasteiger partial charge in [0.2, 0.25) is 5.91 Å². The third-order valence-corrected chi connectivity index (χ3v) is 4.85. The number of ether oxygens (including phenoxy) is 1. The number of carbonyl (C=O) groups is 1. The zero-order valence-electron chi connectivity index (χ0n) is 17.5. The van der Waals surface area contributed by atoms with Crippen molar-refractivity contribution in [1.82, 2.24) is 34.8 Å². The summed E-state index contributed by atoms with van der Waals surface area (Å²) < 4.78 is 7.82. The SMILES string of the molecule is COc1ccc(-c2cc(CNC(=O)C(C)n3nc(-n4cccn4)ccc3=O)ncn2)cc1. The first-order valence-corrected chi connectivity index (χ1v) is 9.88. The molecule has 162 valence electrons. The zero-order valence-corrected chi connectivity index (χ0v) is 17.5. The zero-order chi connectivity index (χ0) is 22.5. The van der Waals surface area contributed by atoms with Gasteiger partial charge in [-0.2, -0.15) is 5.10 Å². The Labute approximate surface area is 183 Å². The van der Waals surface area contributed by atoms with E-state index < -0.39 is 6.04 Å². The van der Waals surface area contributed by atoms with Gasteiger partial charge in [-0.15, -0.1) is 5.10 Å². The molecule has 0 saturated heterocycles. The van der Waals surface area contributed by atoms with E-state index in [0.717, 1.165) is 21.7 Å². The summed E-state index contributed by atoms with van der Waals surface area (Å²) in [6, 6.07) is 13.1. The summed E-state index contributed by atoms with van der Waals surface area (Å²) in [7, 11) is 1.61. The normalized spacial score (nSPS) is 11.7. The number of benzene rings is 1. The molecule has 0 saturated carbocycles. The van der Waals surface area contributed by atoms with Gasteiger partial charge in [-0.3, -0.25) is 9.59 Å². The number of nitrogens with zero attached hydrogens (tertiary/aromatic N) is 6. The van der Waals surface area contributed by atoms with Gasteiger partial charge in [-0.05, 0) is 49.4 Å². The molecule has 0 fully saturated rings. The van der Waals surface area contributed by atoms with E-state index in [4.69, 9.17) is 4.74 Å². The molecule has 10 nitrogen and oxygen atoms in total. The van der Waals surface area contributed by atoms with Crippen LogP contribution in [0.4, 0.5) is 0 Å².